The summed E-state index contributed by atoms with van der Waals surface area (Å²) in [7, 11) is 0. The minimum Gasteiger partial charge on any atom is -0.465 e. The Bertz CT molecular complexity index is 1090. The van der Waals surface area contributed by atoms with Crippen molar-refractivity contribution in [2.45, 2.75) is 57.5 Å². The number of esters is 1. The first kappa shape index (κ1) is 27.1. The Labute approximate surface area is 223 Å². The molecule has 3 N–H and O–H groups in total. The number of carbonyl (C=O) groups is 1. The van der Waals surface area contributed by atoms with Gasteiger partial charge >= 0.3 is 5.97 Å². The molecule has 0 aromatic carbocycles. The van der Waals surface area contributed by atoms with Gasteiger partial charge < -0.3 is 25.4 Å². The summed E-state index contributed by atoms with van der Waals surface area (Å²) >= 11 is 6.52. The highest BCUT2D eigenvalue weighted by Gasteiger charge is 2.32. The van der Waals surface area contributed by atoms with Crippen LogP contribution in [0.4, 0.5) is 11.6 Å². The highest BCUT2D eigenvalue weighted by molar-refractivity contribution is 6.33. The van der Waals surface area contributed by atoms with Gasteiger partial charge in [-0.25, -0.2) is 9.97 Å². The number of hydrogen-bond acceptors (Lipinski definition) is 9. The van der Waals surface area contributed by atoms with Gasteiger partial charge in [0.15, 0.2) is 0 Å². The largest absolute Gasteiger partial charge is 0.465 e. The van der Waals surface area contributed by atoms with Gasteiger partial charge in [0.05, 0.1) is 35.4 Å². The molecule has 0 atom stereocenters. The molecule has 1 aliphatic heterocycles. The fourth-order valence-corrected chi connectivity index (χ4v) is 5.04. The highest BCUT2D eigenvalue weighted by Crippen LogP contribution is 2.32. The zero-order valence-electron chi connectivity index (χ0n) is 21.3. The lowest BCUT2D eigenvalue weighted by Crippen LogP contribution is -2.39. The number of anilines is 2. The fraction of sp³-hybridized carbons (Fsp3) is 0.556. The molecule has 0 spiro atoms. The monoisotopic (exact) mass is 526 g/mol. The zero-order valence-corrected chi connectivity index (χ0v) is 22.0. The van der Waals surface area contributed by atoms with Crippen molar-refractivity contribution in [3.05, 3.63) is 35.5 Å². The minimum atomic E-state index is -0.436. The van der Waals surface area contributed by atoms with Crippen LogP contribution in [-0.2, 0) is 14.3 Å². The van der Waals surface area contributed by atoms with Gasteiger partial charge in [-0.05, 0) is 63.6 Å². The summed E-state index contributed by atoms with van der Waals surface area (Å²) in [6, 6.07) is 10.8. The number of hydrogen-bond donors (Lipinski definition) is 3. The first-order valence-corrected chi connectivity index (χ1v) is 13.4. The average Bonchev–Trinajstić information content (AvgIpc) is 2.93. The molecule has 0 bridgehead atoms. The first-order valence-electron chi connectivity index (χ1n) is 13.0. The second kappa shape index (κ2) is 13.0. The number of nitrogens with zero attached hydrogens (tertiary/aromatic N) is 3. The van der Waals surface area contributed by atoms with Crippen LogP contribution in [-0.4, -0.2) is 60.9 Å². The number of nitrogens with one attached hydrogen (secondary N) is 3. The lowest BCUT2D eigenvalue weighted by atomic mass is 9.82. The fourth-order valence-electron chi connectivity index (χ4n) is 4.84. The lowest BCUT2D eigenvalue weighted by Gasteiger charge is -2.30. The van der Waals surface area contributed by atoms with Crippen LogP contribution in [0, 0.1) is 16.7 Å². The van der Waals surface area contributed by atoms with E-state index in [9.17, 15) is 10.1 Å². The van der Waals surface area contributed by atoms with Crippen LogP contribution < -0.4 is 16.0 Å². The van der Waals surface area contributed by atoms with Crippen LogP contribution in [0.5, 0.6) is 0 Å². The summed E-state index contributed by atoms with van der Waals surface area (Å²) in [6.07, 6.45) is 6.98. The van der Waals surface area contributed by atoms with Gasteiger partial charge in [-0.1, -0.05) is 17.7 Å². The summed E-state index contributed by atoms with van der Waals surface area (Å²) in [5.74, 6) is 1.25. The number of rotatable bonds is 10. The maximum Gasteiger partial charge on any atom is 0.319 e. The molecule has 9 nitrogen and oxygen atoms in total. The molecule has 1 saturated carbocycles. The summed E-state index contributed by atoms with van der Waals surface area (Å²) in [5, 5.41) is 20.4. The van der Waals surface area contributed by atoms with E-state index in [0.717, 1.165) is 42.8 Å². The third-order valence-electron chi connectivity index (χ3n) is 7.09. The van der Waals surface area contributed by atoms with Crippen molar-refractivity contribution >= 4 is 29.2 Å². The number of ether oxygens (including phenoxy) is 2. The van der Waals surface area contributed by atoms with E-state index in [1.807, 2.05) is 31.2 Å². The molecule has 198 valence electrons. The summed E-state index contributed by atoms with van der Waals surface area (Å²) in [4.78, 5) is 20.8. The van der Waals surface area contributed by atoms with Crippen LogP contribution in [0.3, 0.4) is 0 Å². The van der Waals surface area contributed by atoms with Crippen LogP contribution in [0.2, 0.25) is 5.02 Å². The molecule has 2 fully saturated rings. The molecule has 2 aromatic rings. The molecule has 3 heterocycles. The van der Waals surface area contributed by atoms with Crippen LogP contribution in [0.1, 0.15) is 45.4 Å². The van der Waals surface area contributed by atoms with Crippen LogP contribution >= 0.6 is 11.6 Å². The molecule has 4 rings (SSSR count). The van der Waals surface area contributed by atoms with E-state index in [1.54, 1.807) is 6.20 Å². The summed E-state index contributed by atoms with van der Waals surface area (Å²) < 4.78 is 10.4. The van der Waals surface area contributed by atoms with Crippen LogP contribution in [0.25, 0.3) is 11.3 Å². The van der Waals surface area contributed by atoms with E-state index in [-0.39, 0.29) is 12.5 Å². The molecule has 10 heteroatoms. The normalized spacial score (nSPS) is 21.0. The number of halogens is 1. The Balaban J connectivity index is 1.35. The van der Waals surface area contributed by atoms with E-state index in [4.69, 9.17) is 26.1 Å². The SMILES string of the molecule is CCOC(=O)CNC1CCC(Nc2cc(-c3cccc(NCC4(C#N)CCOCC4)n3)c(Cl)cn2)CC1. The number of aromatic nitrogens is 2. The van der Waals surface area contributed by atoms with Gasteiger partial charge in [0.25, 0.3) is 0 Å². The third kappa shape index (κ3) is 7.54. The highest BCUT2D eigenvalue weighted by atomic mass is 35.5. The van der Waals surface area contributed by atoms with Crippen molar-refractivity contribution in [1.29, 1.82) is 5.26 Å². The number of nitriles is 1. The third-order valence-corrected chi connectivity index (χ3v) is 7.40. The van der Waals surface area contributed by atoms with Gasteiger partial charge in [-0.3, -0.25) is 4.79 Å². The topological polar surface area (TPSA) is 121 Å². The summed E-state index contributed by atoms with van der Waals surface area (Å²) in [5.41, 5.74) is 1.10. The van der Waals surface area contributed by atoms with Gasteiger partial charge in [0.1, 0.15) is 11.6 Å². The molecule has 37 heavy (non-hydrogen) atoms. The lowest BCUT2D eigenvalue weighted by molar-refractivity contribution is -0.142. The second-order valence-corrected chi connectivity index (χ2v) is 10.1. The quantitative estimate of drug-likeness (QED) is 0.386. The smallest absolute Gasteiger partial charge is 0.319 e. The van der Waals surface area contributed by atoms with Crippen molar-refractivity contribution in [2.24, 2.45) is 5.41 Å². The molecule has 0 amide bonds. The Morgan fingerprint density at radius 3 is 2.70 bits per heavy atom. The summed E-state index contributed by atoms with van der Waals surface area (Å²) in [6.45, 7) is 4.21. The van der Waals surface area contributed by atoms with E-state index >= 15 is 0 Å². The molecule has 1 saturated heterocycles. The molecule has 1 aliphatic carbocycles. The van der Waals surface area contributed by atoms with E-state index < -0.39 is 5.41 Å². The van der Waals surface area contributed by atoms with Crippen molar-refractivity contribution in [1.82, 2.24) is 15.3 Å². The van der Waals surface area contributed by atoms with Crippen LogP contribution in [0.15, 0.2) is 30.5 Å². The molecule has 2 aliphatic rings. The van der Waals surface area contributed by atoms with E-state index in [2.05, 4.69) is 27.0 Å². The van der Waals surface area contributed by atoms with Gasteiger partial charge in [-0.15, -0.1) is 0 Å². The van der Waals surface area contributed by atoms with Crippen molar-refractivity contribution in [3.63, 3.8) is 0 Å². The standard InChI is InChI=1S/C27H35ClN6O3/c1-2-37-26(35)16-30-19-6-8-20(9-7-19)33-25-14-21(22(28)15-31-25)23-4-3-5-24(34-23)32-18-27(17-29)10-12-36-13-11-27/h3-5,14-15,19-20,30H,2,6-13,16,18H2,1H3,(H,31,33)(H,32,34). The predicted octanol–water partition coefficient (Wildman–Crippen LogP) is 4.41. The second-order valence-electron chi connectivity index (χ2n) is 9.69. The van der Waals surface area contributed by atoms with E-state index in [1.165, 1.54) is 0 Å². The molecular weight excluding hydrogens is 492 g/mol. The Morgan fingerprint density at radius 2 is 1.97 bits per heavy atom. The molecular formula is C27H35ClN6O3. The maximum atomic E-state index is 11.6. The van der Waals surface area contributed by atoms with E-state index in [0.29, 0.717) is 62.1 Å². The number of carbonyl (C=O) groups excluding carboxylic acids is 1. The predicted molar refractivity (Wildman–Crippen MR) is 143 cm³/mol. The minimum absolute atomic E-state index is 0.207. The molecule has 0 unspecified atom stereocenters. The van der Waals surface area contributed by atoms with Gasteiger partial charge in [-0.2, -0.15) is 5.26 Å². The first-order chi connectivity index (χ1) is 18.0. The van der Waals surface area contributed by atoms with Crippen molar-refractivity contribution in [2.75, 3.05) is 43.5 Å². The average molecular weight is 527 g/mol. The number of pyridine rings is 2. The zero-order chi connectivity index (χ0) is 26.1. The molecule has 2 aromatic heterocycles. The Kier molecular flexibility index (Phi) is 9.56. The Morgan fingerprint density at radius 1 is 1.22 bits per heavy atom. The van der Waals surface area contributed by atoms with Gasteiger partial charge in [0.2, 0.25) is 0 Å². The Hall–Kier alpha value is -2.93. The van der Waals surface area contributed by atoms with Crippen molar-refractivity contribution in [3.8, 4) is 17.3 Å². The molecule has 0 radical (unpaired) electrons. The maximum absolute atomic E-state index is 11.6. The van der Waals surface area contributed by atoms with Gasteiger partial charge in [0, 0.05) is 43.6 Å². The van der Waals surface area contributed by atoms with Crippen molar-refractivity contribution < 1.29 is 14.3 Å².